The minimum Gasteiger partial charge on any atom is -0.325 e. The number of halogens is 3. The minimum absolute atomic E-state index is 0.116. The van der Waals surface area contributed by atoms with E-state index in [1.807, 2.05) is 40.1 Å². The summed E-state index contributed by atoms with van der Waals surface area (Å²) in [6.07, 6.45) is 0. The molecule has 1 aliphatic rings. The van der Waals surface area contributed by atoms with Gasteiger partial charge < -0.3 is 10.6 Å². The highest BCUT2D eigenvalue weighted by molar-refractivity contribution is 5.94. The number of carbonyl (C=O) groups excluding carboxylic acids is 2. The zero-order chi connectivity index (χ0) is 21.7. The van der Waals surface area contributed by atoms with E-state index in [1.165, 1.54) is 0 Å². The third-order valence-electron chi connectivity index (χ3n) is 5.05. The van der Waals surface area contributed by atoms with Gasteiger partial charge in [0.15, 0.2) is 17.5 Å². The van der Waals surface area contributed by atoms with E-state index >= 15 is 0 Å². The molecule has 0 radical (unpaired) electrons. The van der Waals surface area contributed by atoms with Crippen LogP contribution in [0.1, 0.15) is 6.92 Å². The molecule has 2 amide bonds. The molecule has 1 fully saturated rings. The lowest BCUT2D eigenvalue weighted by molar-refractivity contribution is -0.122. The Balaban J connectivity index is 1.47. The SMILES string of the molecule is CC(C(=O)Nc1ccc(F)c(F)c1F)N1CCN(CC(=O)Nc2ccccc2)CC1. The van der Waals surface area contributed by atoms with Crippen LogP contribution in [0.15, 0.2) is 42.5 Å². The molecule has 0 bridgehead atoms. The Hall–Kier alpha value is -2.91. The monoisotopic (exact) mass is 420 g/mol. The molecule has 2 N–H and O–H groups in total. The third kappa shape index (κ3) is 5.37. The molecule has 0 aromatic heterocycles. The summed E-state index contributed by atoms with van der Waals surface area (Å²) >= 11 is 0. The highest BCUT2D eigenvalue weighted by Crippen LogP contribution is 2.20. The number of nitrogens with one attached hydrogen (secondary N) is 2. The average Bonchev–Trinajstić information content (AvgIpc) is 2.74. The van der Waals surface area contributed by atoms with E-state index in [9.17, 15) is 22.8 Å². The Kier molecular flexibility index (Phi) is 7.07. The molecule has 2 aromatic rings. The smallest absolute Gasteiger partial charge is 0.241 e. The maximum absolute atomic E-state index is 13.8. The molecule has 1 atom stereocenters. The molecular weight excluding hydrogens is 397 g/mol. The Morgan fingerprint density at radius 3 is 2.27 bits per heavy atom. The molecule has 1 aliphatic heterocycles. The number of amides is 2. The van der Waals surface area contributed by atoms with Gasteiger partial charge in [-0.15, -0.1) is 0 Å². The minimum atomic E-state index is -1.62. The fourth-order valence-electron chi connectivity index (χ4n) is 3.26. The van der Waals surface area contributed by atoms with Crippen molar-refractivity contribution in [1.29, 1.82) is 0 Å². The van der Waals surface area contributed by atoms with Gasteiger partial charge in [-0.05, 0) is 31.2 Å². The first kappa shape index (κ1) is 21.8. The number of nitrogens with zero attached hydrogens (tertiary/aromatic N) is 2. The topological polar surface area (TPSA) is 64.7 Å². The molecule has 0 saturated carbocycles. The maximum Gasteiger partial charge on any atom is 0.241 e. The van der Waals surface area contributed by atoms with Crippen molar-refractivity contribution in [1.82, 2.24) is 9.80 Å². The van der Waals surface area contributed by atoms with Crippen LogP contribution in [0.4, 0.5) is 24.5 Å². The van der Waals surface area contributed by atoms with Crippen molar-refractivity contribution in [2.45, 2.75) is 13.0 Å². The summed E-state index contributed by atoms with van der Waals surface area (Å²) in [4.78, 5) is 28.4. The number of hydrogen-bond donors (Lipinski definition) is 2. The Labute approximate surface area is 172 Å². The highest BCUT2D eigenvalue weighted by Gasteiger charge is 2.27. The fourth-order valence-corrected chi connectivity index (χ4v) is 3.26. The Morgan fingerprint density at radius 2 is 1.60 bits per heavy atom. The number of para-hydroxylation sites is 1. The van der Waals surface area contributed by atoms with Gasteiger partial charge in [-0.3, -0.25) is 19.4 Å². The van der Waals surface area contributed by atoms with E-state index in [1.54, 1.807) is 6.92 Å². The second-order valence-electron chi connectivity index (χ2n) is 7.11. The summed E-state index contributed by atoms with van der Waals surface area (Å²) in [6, 6.07) is 10.3. The van der Waals surface area contributed by atoms with E-state index in [-0.39, 0.29) is 12.5 Å². The van der Waals surface area contributed by atoms with Crippen molar-refractivity contribution < 1.29 is 22.8 Å². The van der Waals surface area contributed by atoms with Crippen molar-refractivity contribution in [2.75, 3.05) is 43.4 Å². The second-order valence-corrected chi connectivity index (χ2v) is 7.11. The van der Waals surface area contributed by atoms with Gasteiger partial charge >= 0.3 is 0 Å². The summed E-state index contributed by atoms with van der Waals surface area (Å²) in [5.74, 6) is -5.00. The highest BCUT2D eigenvalue weighted by atomic mass is 19.2. The number of hydrogen-bond acceptors (Lipinski definition) is 4. The average molecular weight is 420 g/mol. The summed E-state index contributed by atoms with van der Waals surface area (Å²) in [6.45, 7) is 4.13. The van der Waals surface area contributed by atoms with Crippen molar-refractivity contribution >= 4 is 23.2 Å². The molecule has 6 nitrogen and oxygen atoms in total. The molecular formula is C21H23F3N4O2. The molecule has 160 valence electrons. The number of rotatable bonds is 6. The number of anilines is 2. The van der Waals surface area contributed by atoms with Crippen LogP contribution in [0.2, 0.25) is 0 Å². The van der Waals surface area contributed by atoms with Crippen LogP contribution in [0, 0.1) is 17.5 Å². The van der Waals surface area contributed by atoms with Crippen molar-refractivity contribution in [3.8, 4) is 0 Å². The van der Waals surface area contributed by atoms with Gasteiger partial charge in [-0.25, -0.2) is 13.2 Å². The van der Waals surface area contributed by atoms with Crippen LogP contribution in [0.25, 0.3) is 0 Å². The number of benzene rings is 2. The lowest BCUT2D eigenvalue weighted by Gasteiger charge is -2.37. The first-order chi connectivity index (χ1) is 14.3. The molecule has 2 aromatic carbocycles. The standard InChI is InChI=1S/C21H23F3N4O2/c1-14(21(30)26-17-8-7-16(22)19(23)20(17)24)28-11-9-27(10-12-28)13-18(29)25-15-5-3-2-4-6-15/h2-8,14H,9-13H2,1H3,(H,25,29)(H,26,30). The van der Waals surface area contributed by atoms with Gasteiger partial charge in [0.2, 0.25) is 11.8 Å². The zero-order valence-corrected chi connectivity index (χ0v) is 16.5. The van der Waals surface area contributed by atoms with Gasteiger partial charge in [0.1, 0.15) is 0 Å². The summed E-state index contributed by atoms with van der Waals surface area (Å²) < 4.78 is 40.1. The third-order valence-corrected chi connectivity index (χ3v) is 5.05. The lowest BCUT2D eigenvalue weighted by atomic mass is 10.2. The first-order valence-corrected chi connectivity index (χ1v) is 9.61. The molecule has 9 heteroatoms. The Bertz CT molecular complexity index is 903. The summed E-state index contributed by atoms with van der Waals surface area (Å²) in [5.41, 5.74) is 0.331. The van der Waals surface area contributed by atoms with Gasteiger partial charge in [0.25, 0.3) is 0 Å². The van der Waals surface area contributed by atoms with Gasteiger partial charge in [0, 0.05) is 31.9 Å². The lowest BCUT2D eigenvalue weighted by Crippen LogP contribution is -2.53. The van der Waals surface area contributed by atoms with Gasteiger partial charge in [-0.2, -0.15) is 0 Å². The molecule has 1 unspecified atom stereocenters. The molecule has 0 aliphatic carbocycles. The van der Waals surface area contributed by atoms with E-state index in [2.05, 4.69) is 10.6 Å². The zero-order valence-electron chi connectivity index (χ0n) is 16.5. The van der Waals surface area contributed by atoms with E-state index in [0.717, 1.165) is 17.8 Å². The van der Waals surface area contributed by atoms with Crippen LogP contribution in [-0.4, -0.2) is 60.4 Å². The van der Waals surface area contributed by atoms with Crippen LogP contribution in [0.5, 0.6) is 0 Å². The quantitative estimate of drug-likeness (QED) is 0.706. The van der Waals surface area contributed by atoms with E-state index in [4.69, 9.17) is 0 Å². The van der Waals surface area contributed by atoms with Gasteiger partial charge in [0.05, 0.1) is 18.3 Å². The maximum atomic E-state index is 13.8. The van der Waals surface area contributed by atoms with Crippen molar-refractivity contribution in [3.05, 3.63) is 59.9 Å². The molecule has 1 saturated heterocycles. The van der Waals surface area contributed by atoms with Crippen molar-refractivity contribution in [3.63, 3.8) is 0 Å². The predicted molar refractivity (Wildman–Crippen MR) is 107 cm³/mol. The van der Waals surface area contributed by atoms with Crippen molar-refractivity contribution in [2.24, 2.45) is 0 Å². The number of piperazine rings is 1. The summed E-state index contributed by atoms with van der Waals surface area (Å²) in [7, 11) is 0. The summed E-state index contributed by atoms with van der Waals surface area (Å²) in [5, 5.41) is 5.14. The molecule has 30 heavy (non-hydrogen) atoms. The van der Waals surface area contributed by atoms with E-state index in [0.29, 0.717) is 26.2 Å². The van der Waals surface area contributed by atoms with Crippen LogP contribution in [-0.2, 0) is 9.59 Å². The largest absolute Gasteiger partial charge is 0.325 e. The Morgan fingerprint density at radius 1 is 0.933 bits per heavy atom. The van der Waals surface area contributed by atoms with Crippen LogP contribution < -0.4 is 10.6 Å². The van der Waals surface area contributed by atoms with Crippen LogP contribution in [0.3, 0.4) is 0 Å². The molecule has 0 spiro atoms. The van der Waals surface area contributed by atoms with Crippen LogP contribution >= 0.6 is 0 Å². The first-order valence-electron chi connectivity index (χ1n) is 9.61. The fraction of sp³-hybridized carbons (Fsp3) is 0.333. The van der Waals surface area contributed by atoms with Gasteiger partial charge in [-0.1, -0.05) is 18.2 Å². The normalized spacial score (nSPS) is 16.1. The van der Waals surface area contributed by atoms with E-state index < -0.39 is 35.1 Å². The predicted octanol–water partition coefficient (Wildman–Crippen LogP) is 2.69. The number of carbonyl (C=O) groups is 2. The molecule has 1 heterocycles. The molecule has 3 rings (SSSR count). The second kappa shape index (κ2) is 9.73.